The second-order valence-corrected chi connectivity index (χ2v) is 2.58. The number of carbonyl (C=O) groups is 1. The van der Waals surface area contributed by atoms with Crippen molar-refractivity contribution in [3.8, 4) is 0 Å². The van der Waals surface area contributed by atoms with Gasteiger partial charge in [0.15, 0.2) is 5.72 Å². The number of nitrogens with two attached hydrogens (primary N) is 1. The summed E-state index contributed by atoms with van der Waals surface area (Å²) in [6, 6.07) is 0. The van der Waals surface area contributed by atoms with Gasteiger partial charge in [-0.1, -0.05) is 6.08 Å². The van der Waals surface area contributed by atoms with E-state index in [9.17, 15) is 15.0 Å². The molecule has 0 aliphatic heterocycles. The van der Waals surface area contributed by atoms with Crippen LogP contribution in [0.2, 0.25) is 0 Å². The Kier molecular flexibility index (Phi) is 2.01. The molecular formula is C7H9NO4. The molecule has 12 heavy (non-hydrogen) atoms. The molecule has 1 aliphatic carbocycles. The van der Waals surface area contributed by atoms with Crippen LogP contribution < -0.4 is 5.73 Å². The minimum Gasteiger partial charge on any atom is -0.478 e. The fourth-order valence-electron chi connectivity index (χ4n) is 0.926. The predicted molar refractivity (Wildman–Crippen MR) is 40.0 cm³/mol. The Bertz CT molecular complexity index is 267. The van der Waals surface area contributed by atoms with Gasteiger partial charge in [-0.2, -0.15) is 0 Å². The van der Waals surface area contributed by atoms with Crippen LogP contribution in [0.3, 0.4) is 0 Å². The Balaban J connectivity index is 2.99. The lowest BCUT2D eigenvalue weighted by Crippen LogP contribution is -2.52. The SMILES string of the molecule is NC1(O)C=CC=C(C(=O)O)C1O. The molecule has 0 amide bonds. The smallest absolute Gasteiger partial charge is 0.334 e. The van der Waals surface area contributed by atoms with Crippen LogP contribution >= 0.6 is 0 Å². The largest absolute Gasteiger partial charge is 0.478 e. The molecule has 0 saturated heterocycles. The number of carboxylic acids is 1. The van der Waals surface area contributed by atoms with Crippen molar-refractivity contribution in [2.24, 2.45) is 5.73 Å². The van der Waals surface area contributed by atoms with Gasteiger partial charge in [-0.25, -0.2) is 4.79 Å². The molecule has 1 aliphatic rings. The van der Waals surface area contributed by atoms with Crippen LogP contribution in [0, 0.1) is 0 Å². The Labute approximate surface area is 68.4 Å². The lowest BCUT2D eigenvalue weighted by molar-refractivity contribution is -0.135. The summed E-state index contributed by atoms with van der Waals surface area (Å²) >= 11 is 0. The van der Waals surface area contributed by atoms with E-state index in [1.165, 1.54) is 12.2 Å². The van der Waals surface area contributed by atoms with E-state index in [0.717, 1.165) is 6.08 Å². The highest BCUT2D eigenvalue weighted by atomic mass is 16.4. The summed E-state index contributed by atoms with van der Waals surface area (Å²) in [6.45, 7) is 0. The topological polar surface area (TPSA) is 104 Å². The van der Waals surface area contributed by atoms with E-state index in [1.54, 1.807) is 0 Å². The van der Waals surface area contributed by atoms with E-state index >= 15 is 0 Å². The summed E-state index contributed by atoms with van der Waals surface area (Å²) < 4.78 is 0. The van der Waals surface area contributed by atoms with Crippen LogP contribution in [0.5, 0.6) is 0 Å². The Morgan fingerprint density at radius 1 is 1.67 bits per heavy atom. The van der Waals surface area contributed by atoms with Gasteiger partial charge in [0, 0.05) is 0 Å². The quantitative estimate of drug-likeness (QED) is 0.362. The highest BCUT2D eigenvalue weighted by Crippen LogP contribution is 2.18. The number of aliphatic hydroxyl groups excluding tert-OH is 1. The number of hydrogen-bond donors (Lipinski definition) is 4. The van der Waals surface area contributed by atoms with Crippen molar-refractivity contribution >= 4 is 5.97 Å². The summed E-state index contributed by atoms with van der Waals surface area (Å²) in [6.07, 6.45) is 2.02. The average Bonchev–Trinajstić information content (AvgIpc) is 1.94. The number of rotatable bonds is 1. The van der Waals surface area contributed by atoms with E-state index in [0.29, 0.717) is 0 Å². The summed E-state index contributed by atoms with van der Waals surface area (Å²) in [5.74, 6) is -1.30. The van der Waals surface area contributed by atoms with Gasteiger partial charge in [0.1, 0.15) is 6.10 Å². The molecule has 66 valence electrons. The normalized spacial score (nSPS) is 34.6. The first-order chi connectivity index (χ1) is 5.45. The van der Waals surface area contributed by atoms with Gasteiger partial charge >= 0.3 is 5.97 Å². The van der Waals surface area contributed by atoms with Crippen molar-refractivity contribution in [1.82, 2.24) is 0 Å². The van der Waals surface area contributed by atoms with Gasteiger partial charge in [-0.15, -0.1) is 0 Å². The van der Waals surface area contributed by atoms with Crippen LogP contribution in [0.1, 0.15) is 0 Å². The van der Waals surface area contributed by atoms with Gasteiger partial charge in [0.25, 0.3) is 0 Å². The van der Waals surface area contributed by atoms with Gasteiger partial charge in [-0.05, 0) is 12.2 Å². The molecular weight excluding hydrogens is 162 g/mol. The molecule has 2 unspecified atom stereocenters. The summed E-state index contributed by atoms with van der Waals surface area (Å²) in [4.78, 5) is 10.4. The van der Waals surface area contributed by atoms with E-state index in [1.807, 2.05) is 0 Å². The van der Waals surface area contributed by atoms with Gasteiger partial charge in [0.05, 0.1) is 5.57 Å². The number of aliphatic carboxylic acids is 1. The number of allylic oxidation sites excluding steroid dienone is 2. The third-order valence-corrected chi connectivity index (χ3v) is 1.62. The minimum atomic E-state index is -1.98. The molecule has 0 radical (unpaired) electrons. The lowest BCUT2D eigenvalue weighted by Gasteiger charge is -2.27. The Morgan fingerprint density at radius 2 is 2.25 bits per heavy atom. The van der Waals surface area contributed by atoms with E-state index in [-0.39, 0.29) is 5.57 Å². The molecule has 0 aromatic carbocycles. The first kappa shape index (κ1) is 8.92. The molecule has 0 fully saturated rings. The number of aliphatic hydroxyl groups is 2. The van der Waals surface area contributed by atoms with Gasteiger partial charge < -0.3 is 15.3 Å². The third-order valence-electron chi connectivity index (χ3n) is 1.62. The van der Waals surface area contributed by atoms with E-state index in [2.05, 4.69) is 0 Å². The minimum absolute atomic E-state index is 0.317. The molecule has 1 rings (SSSR count). The van der Waals surface area contributed by atoms with Crippen molar-refractivity contribution in [1.29, 1.82) is 0 Å². The standard InChI is InChI=1S/C7H9NO4/c8-7(12)3-1-2-4(5(7)9)6(10)11/h1-3,5,9,12H,8H2,(H,10,11). The maximum absolute atomic E-state index is 10.4. The first-order valence-electron chi connectivity index (χ1n) is 3.27. The number of carboxylic acid groups (broad SMARTS) is 1. The van der Waals surface area contributed by atoms with Crippen molar-refractivity contribution in [3.05, 3.63) is 23.8 Å². The van der Waals surface area contributed by atoms with Crippen LogP contribution in [0.15, 0.2) is 23.8 Å². The monoisotopic (exact) mass is 171 g/mol. The van der Waals surface area contributed by atoms with Gasteiger partial charge in [-0.3, -0.25) is 5.73 Å². The van der Waals surface area contributed by atoms with Crippen molar-refractivity contribution in [3.63, 3.8) is 0 Å². The molecule has 5 heteroatoms. The van der Waals surface area contributed by atoms with E-state index in [4.69, 9.17) is 10.8 Å². The molecule has 0 heterocycles. The average molecular weight is 171 g/mol. The van der Waals surface area contributed by atoms with Crippen LogP contribution in [0.25, 0.3) is 0 Å². The van der Waals surface area contributed by atoms with E-state index < -0.39 is 17.8 Å². The second-order valence-electron chi connectivity index (χ2n) is 2.58. The highest BCUT2D eigenvalue weighted by molar-refractivity contribution is 5.88. The molecule has 5 N–H and O–H groups in total. The number of hydrogen-bond acceptors (Lipinski definition) is 4. The van der Waals surface area contributed by atoms with Gasteiger partial charge in [0.2, 0.25) is 0 Å². The maximum Gasteiger partial charge on any atom is 0.334 e. The van der Waals surface area contributed by atoms with Crippen molar-refractivity contribution in [2.75, 3.05) is 0 Å². The maximum atomic E-state index is 10.4. The zero-order chi connectivity index (χ0) is 9.35. The molecule has 5 nitrogen and oxygen atoms in total. The fourth-order valence-corrected chi connectivity index (χ4v) is 0.926. The van der Waals surface area contributed by atoms with Crippen LogP contribution in [-0.4, -0.2) is 33.1 Å². The zero-order valence-corrected chi connectivity index (χ0v) is 6.14. The zero-order valence-electron chi connectivity index (χ0n) is 6.14. The summed E-state index contributed by atoms with van der Waals surface area (Å²) in [5, 5.41) is 26.9. The lowest BCUT2D eigenvalue weighted by atomic mass is 9.94. The molecule has 0 spiro atoms. The molecule has 0 aromatic heterocycles. The predicted octanol–water partition coefficient (Wildman–Crippen LogP) is -1.42. The summed E-state index contributed by atoms with van der Waals surface area (Å²) in [5.41, 5.74) is 2.86. The van der Waals surface area contributed by atoms with Crippen molar-refractivity contribution in [2.45, 2.75) is 11.8 Å². The summed E-state index contributed by atoms with van der Waals surface area (Å²) in [7, 11) is 0. The molecule has 0 bridgehead atoms. The molecule has 2 atom stereocenters. The third kappa shape index (κ3) is 1.38. The van der Waals surface area contributed by atoms with Crippen LogP contribution in [0.4, 0.5) is 0 Å². The highest BCUT2D eigenvalue weighted by Gasteiger charge is 2.36. The Hall–Kier alpha value is -1.17. The molecule has 0 saturated carbocycles. The fraction of sp³-hybridized carbons (Fsp3) is 0.286. The van der Waals surface area contributed by atoms with Crippen LogP contribution in [-0.2, 0) is 4.79 Å². The molecule has 0 aromatic rings. The first-order valence-corrected chi connectivity index (χ1v) is 3.27. The Morgan fingerprint density at radius 3 is 2.67 bits per heavy atom. The van der Waals surface area contributed by atoms with Crippen molar-refractivity contribution < 1.29 is 20.1 Å². The second kappa shape index (κ2) is 2.71.